The van der Waals surface area contributed by atoms with E-state index >= 15 is 0 Å². The van der Waals surface area contributed by atoms with E-state index in [-0.39, 0.29) is 39.5 Å². The zero-order valence-corrected chi connectivity index (χ0v) is 34.6. The largest absolute Gasteiger partial charge is 0.485 e. The van der Waals surface area contributed by atoms with Gasteiger partial charge in [-0.15, -0.1) is 0 Å². The molecule has 0 spiro atoms. The van der Waals surface area contributed by atoms with Crippen molar-refractivity contribution in [3.05, 3.63) is 87.7 Å². The van der Waals surface area contributed by atoms with Crippen molar-refractivity contribution in [2.75, 3.05) is 0 Å². The van der Waals surface area contributed by atoms with Gasteiger partial charge in [0.25, 0.3) is 0 Å². The van der Waals surface area contributed by atoms with Gasteiger partial charge in [-0.1, -0.05) is 68.4 Å². The number of aryl methyl sites for hydroxylation is 1. The van der Waals surface area contributed by atoms with Crippen LogP contribution >= 0.6 is 0 Å². The summed E-state index contributed by atoms with van der Waals surface area (Å²) in [6, 6.07) is 8.82. The molecule has 0 radical (unpaired) electrons. The minimum atomic E-state index is -0.604. The van der Waals surface area contributed by atoms with Gasteiger partial charge >= 0.3 is 0 Å². The SMILES string of the molecule is CC(C)(C)Oc1ccc(F)c(C(C)(C)C)c1F.CC(C)(C)Oc1ccc(F)c(C(C)(C)C)c1F.Cc1ccc(OC(C)(C)C)c(F)c1C(C)(C)C. The molecule has 0 fully saturated rings. The molecular formula is C43H63F5O3. The lowest BCUT2D eigenvalue weighted by Crippen LogP contribution is -2.25. The van der Waals surface area contributed by atoms with E-state index in [2.05, 4.69) is 0 Å². The van der Waals surface area contributed by atoms with Crippen LogP contribution in [0, 0.1) is 36.0 Å². The van der Waals surface area contributed by atoms with Gasteiger partial charge in [-0.3, -0.25) is 0 Å². The summed E-state index contributed by atoms with van der Waals surface area (Å²) in [6.07, 6.45) is 0. The van der Waals surface area contributed by atoms with E-state index in [1.54, 1.807) is 47.6 Å². The smallest absolute Gasteiger partial charge is 0.171 e. The summed E-state index contributed by atoms with van der Waals surface area (Å²) in [6.45, 7) is 35.3. The van der Waals surface area contributed by atoms with Gasteiger partial charge in [0.2, 0.25) is 0 Å². The first-order chi connectivity index (χ1) is 22.6. The average Bonchev–Trinajstić information content (AvgIpc) is 2.86. The van der Waals surface area contributed by atoms with Crippen molar-refractivity contribution in [3.63, 3.8) is 0 Å². The molecular weight excluding hydrogens is 659 g/mol. The highest BCUT2D eigenvalue weighted by Crippen LogP contribution is 2.36. The molecule has 0 aliphatic carbocycles. The molecule has 0 heterocycles. The Hall–Kier alpha value is -3.29. The summed E-state index contributed by atoms with van der Waals surface area (Å²) in [4.78, 5) is 0. The first-order valence-corrected chi connectivity index (χ1v) is 17.4. The summed E-state index contributed by atoms with van der Waals surface area (Å²) in [5.74, 6) is -1.96. The zero-order chi connectivity index (χ0) is 40.3. The first kappa shape index (κ1) is 45.7. The Bertz CT molecular complexity index is 1430. The molecule has 0 aromatic heterocycles. The van der Waals surface area contributed by atoms with E-state index in [0.717, 1.165) is 11.1 Å². The van der Waals surface area contributed by atoms with Gasteiger partial charge in [-0.25, -0.2) is 22.0 Å². The lowest BCUT2D eigenvalue weighted by Gasteiger charge is -2.27. The Morgan fingerprint density at radius 3 is 0.824 bits per heavy atom. The van der Waals surface area contributed by atoms with Crippen LogP contribution in [-0.2, 0) is 16.2 Å². The Labute approximate surface area is 305 Å². The van der Waals surface area contributed by atoms with Crippen LogP contribution in [0.2, 0.25) is 0 Å². The van der Waals surface area contributed by atoms with Gasteiger partial charge in [-0.2, -0.15) is 0 Å². The standard InChI is InChI=1S/C15H23FO.2C14H20F2O/c1-10-8-9-11(17-15(5,6)7)13(16)12(10)14(2,3)4;2*1-13(2,3)11-9(15)7-8-10(12(11)16)17-14(4,5)6/h8-9H,1-7H3;2*7-8H,1-6H3. The predicted octanol–water partition coefficient (Wildman–Crippen LogP) is 13.5. The molecule has 51 heavy (non-hydrogen) atoms. The van der Waals surface area contributed by atoms with Crippen molar-refractivity contribution >= 4 is 0 Å². The monoisotopic (exact) mass is 722 g/mol. The predicted molar refractivity (Wildman–Crippen MR) is 201 cm³/mol. The van der Waals surface area contributed by atoms with E-state index in [0.29, 0.717) is 5.75 Å². The lowest BCUT2D eigenvalue weighted by molar-refractivity contribution is 0.123. The maximum atomic E-state index is 14.4. The van der Waals surface area contributed by atoms with Crippen LogP contribution in [0.15, 0.2) is 36.4 Å². The van der Waals surface area contributed by atoms with Gasteiger partial charge in [0.15, 0.2) is 34.7 Å². The van der Waals surface area contributed by atoms with Gasteiger partial charge in [-0.05, 0) is 127 Å². The third-order valence-corrected chi connectivity index (χ3v) is 6.92. The molecule has 288 valence electrons. The normalized spacial score (nSPS) is 12.7. The fraction of sp³-hybridized carbons (Fsp3) is 0.581. The van der Waals surface area contributed by atoms with E-state index in [1.165, 1.54) is 24.3 Å². The molecule has 0 aliphatic rings. The first-order valence-electron chi connectivity index (χ1n) is 17.4. The molecule has 0 bridgehead atoms. The molecule has 3 aromatic carbocycles. The molecule has 0 saturated carbocycles. The maximum absolute atomic E-state index is 14.4. The van der Waals surface area contributed by atoms with Gasteiger partial charge in [0.1, 0.15) is 28.4 Å². The Morgan fingerprint density at radius 2 is 0.588 bits per heavy atom. The second-order valence-electron chi connectivity index (χ2n) is 18.9. The van der Waals surface area contributed by atoms with Crippen molar-refractivity contribution in [2.45, 2.75) is 165 Å². The molecule has 0 N–H and O–H groups in total. The van der Waals surface area contributed by atoms with Crippen molar-refractivity contribution in [1.82, 2.24) is 0 Å². The highest BCUT2D eigenvalue weighted by molar-refractivity contribution is 5.41. The van der Waals surface area contributed by atoms with Crippen LogP contribution in [0.25, 0.3) is 0 Å². The highest BCUT2D eigenvalue weighted by Gasteiger charge is 2.29. The zero-order valence-electron chi connectivity index (χ0n) is 34.6. The van der Waals surface area contributed by atoms with Crippen molar-refractivity contribution in [3.8, 4) is 17.2 Å². The summed E-state index contributed by atoms with van der Waals surface area (Å²) in [5, 5.41) is 0. The average molecular weight is 723 g/mol. The quantitative estimate of drug-likeness (QED) is 0.252. The fourth-order valence-corrected chi connectivity index (χ4v) is 5.24. The molecule has 3 aromatic rings. The Balaban J connectivity index is 0.000000382. The fourth-order valence-electron chi connectivity index (χ4n) is 5.24. The van der Waals surface area contributed by atoms with E-state index in [9.17, 15) is 22.0 Å². The van der Waals surface area contributed by atoms with E-state index in [1.807, 2.05) is 96.1 Å². The van der Waals surface area contributed by atoms with Crippen LogP contribution in [0.3, 0.4) is 0 Å². The van der Waals surface area contributed by atoms with Gasteiger partial charge < -0.3 is 14.2 Å². The van der Waals surface area contributed by atoms with Crippen molar-refractivity contribution in [2.24, 2.45) is 0 Å². The Kier molecular flexibility index (Phi) is 14.5. The number of rotatable bonds is 3. The maximum Gasteiger partial charge on any atom is 0.171 e. The molecule has 0 saturated heterocycles. The van der Waals surface area contributed by atoms with E-state index in [4.69, 9.17) is 14.2 Å². The third-order valence-electron chi connectivity index (χ3n) is 6.92. The summed E-state index contributed by atoms with van der Waals surface area (Å²) < 4.78 is 86.8. The summed E-state index contributed by atoms with van der Waals surface area (Å²) >= 11 is 0. The summed E-state index contributed by atoms with van der Waals surface area (Å²) in [7, 11) is 0. The van der Waals surface area contributed by atoms with Crippen LogP contribution in [0.5, 0.6) is 17.2 Å². The minimum absolute atomic E-state index is 0.0688. The van der Waals surface area contributed by atoms with E-state index < -0.39 is 45.3 Å². The number of hydrogen-bond acceptors (Lipinski definition) is 3. The second kappa shape index (κ2) is 16.2. The van der Waals surface area contributed by atoms with Gasteiger partial charge in [0.05, 0.1) is 0 Å². The Morgan fingerprint density at radius 1 is 0.353 bits per heavy atom. The third kappa shape index (κ3) is 14.3. The summed E-state index contributed by atoms with van der Waals surface area (Å²) in [5.41, 5.74) is -0.955. The number of halogens is 5. The number of ether oxygens (including phenoxy) is 3. The molecule has 3 rings (SSSR count). The molecule has 0 aliphatic heterocycles. The topological polar surface area (TPSA) is 27.7 Å². The second-order valence-corrected chi connectivity index (χ2v) is 18.9. The molecule has 0 amide bonds. The van der Waals surface area contributed by atoms with Crippen LogP contribution in [0.1, 0.15) is 147 Å². The van der Waals surface area contributed by atoms with Crippen molar-refractivity contribution < 1.29 is 36.2 Å². The molecule has 8 heteroatoms. The lowest BCUT2D eigenvalue weighted by atomic mass is 9.83. The van der Waals surface area contributed by atoms with Crippen LogP contribution < -0.4 is 14.2 Å². The molecule has 0 unspecified atom stereocenters. The highest BCUT2D eigenvalue weighted by atomic mass is 19.1. The number of benzene rings is 3. The molecule has 3 nitrogen and oxygen atoms in total. The van der Waals surface area contributed by atoms with Crippen LogP contribution in [-0.4, -0.2) is 16.8 Å². The number of hydrogen-bond donors (Lipinski definition) is 0. The molecule has 0 atom stereocenters. The van der Waals surface area contributed by atoms with Crippen LogP contribution in [0.4, 0.5) is 22.0 Å². The van der Waals surface area contributed by atoms with Crippen molar-refractivity contribution in [1.29, 1.82) is 0 Å². The minimum Gasteiger partial charge on any atom is -0.485 e. The van der Waals surface area contributed by atoms with Gasteiger partial charge in [0, 0.05) is 11.1 Å².